The van der Waals surface area contributed by atoms with Gasteiger partial charge in [-0.15, -0.1) is 0 Å². The number of fused-ring (bicyclic) bond motifs is 1. The Bertz CT molecular complexity index is 769. The third kappa shape index (κ3) is 4.77. The number of allylic oxidation sites excluding steroid dienone is 6. The second-order valence-corrected chi connectivity index (χ2v) is 13.4. The fourth-order valence-corrected chi connectivity index (χ4v) is 10.2. The second-order valence-electron chi connectivity index (χ2n) is 13.4. The Hall–Kier alpha value is -0.820. The monoisotopic (exact) mass is 461 g/mol. The minimum Gasteiger partial charge on any atom is -0.314 e. The molecule has 1 heterocycles. The van der Waals surface area contributed by atoms with Crippen molar-refractivity contribution in [1.82, 2.24) is 5.32 Å². The molecule has 1 nitrogen and oxygen atoms in total. The summed E-state index contributed by atoms with van der Waals surface area (Å²) in [5.41, 5.74) is 1.88. The lowest BCUT2D eigenvalue weighted by Gasteiger charge is -2.53. The number of rotatable bonds is 4. The molecule has 4 fully saturated rings. The highest BCUT2D eigenvalue weighted by molar-refractivity contribution is 5.16. The highest BCUT2D eigenvalue weighted by atomic mass is 14.9. The summed E-state index contributed by atoms with van der Waals surface area (Å²) in [4.78, 5) is 0. The fourth-order valence-electron chi connectivity index (χ4n) is 10.2. The summed E-state index contributed by atoms with van der Waals surface area (Å²) in [6, 6.07) is 0.852. The van der Waals surface area contributed by atoms with E-state index >= 15 is 0 Å². The zero-order valence-corrected chi connectivity index (χ0v) is 22.0. The fraction of sp³-hybridized carbons (Fsp3) is 0.818. The van der Waals surface area contributed by atoms with Gasteiger partial charge in [0, 0.05) is 6.04 Å². The van der Waals surface area contributed by atoms with Gasteiger partial charge in [0.05, 0.1) is 0 Å². The van der Waals surface area contributed by atoms with Crippen molar-refractivity contribution in [3.8, 4) is 0 Å². The lowest BCUT2D eigenvalue weighted by molar-refractivity contribution is -0.0252. The molecule has 0 amide bonds. The van der Waals surface area contributed by atoms with Crippen LogP contribution in [0.4, 0.5) is 0 Å². The van der Waals surface area contributed by atoms with Gasteiger partial charge in [-0.1, -0.05) is 62.1 Å². The van der Waals surface area contributed by atoms with Crippen molar-refractivity contribution in [2.24, 2.45) is 53.3 Å². The molecule has 0 spiro atoms. The molecule has 9 unspecified atom stereocenters. The molecule has 0 aromatic rings. The zero-order valence-electron chi connectivity index (χ0n) is 22.0. The third-order valence-corrected chi connectivity index (χ3v) is 11.8. The standard InChI is InChI=1S/C33H51N/c1-23-8-5-13-31-30(32-14-7-21-34-32)20-19-29(33(23)31)26-17-15-25(16-18-26)28-12-6-11-27(22-28)24-9-3-2-4-10-24/h2-4,9,15,23-24,26-34H,5-8,10-14,16-22H2,1H3/t23?,24?,26?,27?,28?,29?,30-,31?,32?,33?/m1/s1. The molecule has 0 aromatic heterocycles. The molecule has 1 heteroatoms. The van der Waals surface area contributed by atoms with E-state index in [0.29, 0.717) is 0 Å². The van der Waals surface area contributed by atoms with Crippen LogP contribution in [0.15, 0.2) is 36.0 Å². The summed E-state index contributed by atoms with van der Waals surface area (Å²) in [5, 5.41) is 3.92. The Morgan fingerprint density at radius 2 is 1.68 bits per heavy atom. The molecule has 1 aliphatic heterocycles. The van der Waals surface area contributed by atoms with Crippen molar-refractivity contribution < 1.29 is 0 Å². The van der Waals surface area contributed by atoms with Crippen LogP contribution in [-0.4, -0.2) is 12.6 Å². The molecule has 188 valence electrons. The lowest BCUT2D eigenvalue weighted by atomic mass is 9.53. The number of hydrogen-bond donors (Lipinski definition) is 1. The summed E-state index contributed by atoms with van der Waals surface area (Å²) in [7, 11) is 0. The Morgan fingerprint density at radius 1 is 0.765 bits per heavy atom. The smallest absolute Gasteiger partial charge is 0.00985 e. The largest absolute Gasteiger partial charge is 0.314 e. The van der Waals surface area contributed by atoms with E-state index in [-0.39, 0.29) is 0 Å². The maximum Gasteiger partial charge on any atom is 0.00985 e. The molecule has 0 bridgehead atoms. The quantitative estimate of drug-likeness (QED) is 0.414. The minimum atomic E-state index is 0.819. The summed E-state index contributed by atoms with van der Waals surface area (Å²) in [5.74, 6) is 8.68. The number of nitrogens with one attached hydrogen (secondary N) is 1. The molecular formula is C33H51N. The second kappa shape index (κ2) is 10.7. The van der Waals surface area contributed by atoms with Crippen molar-refractivity contribution in [2.75, 3.05) is 6.54 Å². The van der Waals surface area contributed by atoms with Gasteiger partial charge in [-0.05, 0) is 137 Å². The van der Waals surface area contributed by atoms with Crippen LogP contribution in [0.3, 0.4) is 0 Å². The first-order valence-corrected chi connectivity index (χ1v) is 15.5. The first-order chi connectivity index (χ1) is 16.8. The minimum absolute atomic E-state index is 0.819. The van der Waals surface area contributed by atoms with Crippen LogP contribution in [0.2, 0.25) is 0 Å². The van der Waals surface area contributed by atoms with Crippen molar-refractivity contribution >= 4 is 0 Å². The van der Waals surface area contributed by atoms with Crippen molar-refractivity contribution in [1.29, 1.82) is 0 Å². The Morgan fingerprint density at radius 3 is 2.47 bits per heavy atom. The zero-order chi connectivity index (χ0) is 22.9. The molecule has 1 N–H and O–H groups in total. The highest BCUT2D eigenvalue weighted by Crippen LogP contribution is 2.55. The molecule has 0 radical (unpaired) electrons. The normalized spacial score (nSPS) is 47.3. The van der Waals surface area contributed by atoms with E-state index in [4.69, 9.17) is 0 Å². The first-order valence-electron chi connectivity index (χ1n) is 15.5. The van der Waals surface area contributed by atoms with E-state index in [9.17, 15) is 0 Å². The molecule has 5 aliphatic carbocycles. The molecule has 3 saturated carbocycles. The van der Waals surface area contributed by atoms with Gasteiger partial charge in [-0.2, -0.15) is 0 Å². The van der Waals surface area contributed by atoms with Crippen LogP contribution >= 0.6 is 0 Å². The van der Waals surface area contributed by atoms with Gasteiger partial charge in [0.15, 0.2) is 0 Å². The maximum atomic E-state index is 3.92. The van der Waals surface area contributed by atoms with E-state index < -0.39 is 0 Å². The van der Waals surface area contributed by atoms with Gasteiger partial charge in [-0.25, -0.2) is 0 Å². The molecule has 1 saturated heterocycles. The van der Waals surface area contributed by atoms with Crippen LogP contribution < -0.4 is 5.32 Å². The van der Waals surface area contributed by atoms with Crippen molar-refractivity contribution in [3.05, 3.63) is 36.0 Å². The molecule has 10 atom stereocenters. The summed E-state index contributed by atoms with van der Waals surface area (Å²) < 4.78 is 0. The first kappa shape index (κ1) is 23.6. The number of hydrogen-bond acceptors (Lipinski definition) is 1. The van der Waals surface area contributed by atoms with E-state index in [0.717, 1.165) is 59.3 Å². The summed E-state index contributed by atoms with van der Waals surface area (Å²) >= 11 is 0. The van der Waals surface area contributed by atoms with Gasteiger partial charge in [0.1, 0.15) is 0 Å². The molecule has 6 rings (SSSR count). The topological polar surface area (TPSA) is 12.0 Å². The molecule has 0 aromatic carbocycles. The van der Waals surface area contributed by atoms with Crippen LogP contribution in [0.25, 0.3) is 0 Å². The molecule has 6 aliphatic rings. The SMILES string of the molecule is CC1CCCC2C1C(C1CC=C(C3CCCC(C4C=CC=CC4)C3)CC1)CC[C@H]2C1CCCN1. The average Bonchev–Trinajstić information content (AvgIpc) is 3.44. The van der Waals surface area contributed by atoms with Crippen LogP contribution in [0.1, 0.15) is 103 Å². The van der Waals surface area contributed by atoms with Gasteiger partial charge in [0.25, 0.3) is 0 Å². The molecular weight excluding hydrogens is 410 g/mol. The third-order valence-electron chi connectivity index (χ3n) is 11.8. The Kier molecular flexibility index (Phi) is 7.39. The predicted octanol–water partition coefficient (Wildman–Crippen LogP) is 8.48. The lowest BCUT2D eigenvalue weighted by Crippen LogP contribution is -2.48. The molecule has 34 heavy (non-hydrogen) atoms. The van der Waals surface area contributed by atoms with Crippen molar-refractivity contribution in [3.63, 3.8) is 0 Å². The van der Waals surface area contributed by atoms with E-state index in [2.05, 4.69) is 42.6 Å². The van der Waals surface area contributed by atoms with Gasteiger partial charge in [0.2, 0.25) is 0 Å². The van der Waals surface area contributed by atoms with Crippen LogP contribution in [0.5, 0.6) is 0 Å². The van der Waals surface area contributed by atoms with Crippen LogP contribution in [-0.2, 0) is 0 Å². The predicted molar refractivity (Wildman–Crippen MR) is 144 cm³/mol. The van der Waals surface area contributed by atoms with Gasteiger partial charge in [-0.3, -0.25) is 0 Å². The maximum absolute atomic E-state index is 3.92. The van der Waals surface area contributed by atoms with E-state index in [1.807, 2.05) is 5.57 Å². The summed E-state index contributed by atoms with van der Waals surface area (Å²) in [6.45, 7) is 3.92. The van der Waals surface area contributed by atoms with Gasteiger partial charge < -0.3 is 5.32 Å². The Balaban J connectivity index is 1.10. The summed E-state index contributed by atoms with van der Waals surface area (Å²) in [6.07, 6.45) is 34.2. The van der Waals surface area contributed by atoms with E-state index in [1.54, 1.807) is 0 Å². The van der Waals surface area contributed by atoms with Gasteiger partial charge >= 0.3 is 0 Å². The Labute approximate surface area is 210 Å². The highest BCUT2D eigenvalue weighted by Gasteiger charge is 2.48. The van der Waals surface area contributed by atoms with Crippen LogP contribution in [0, 0.1) is 53.3 Å². The average molecular weight is 462 g/mol. The van der Waals surface area contributed by atoms with Crippen molar-refractivity contribution in [2.45, 2.75) is 109 Å². The van der Waals surface area contributed by atoms with E-state index in [1.165, 1.54) is 103 Å².